The highest BCUT2D eigenvalue weighted by Crippen LogP contribution is 2.21. The lowest BCUT2D eigenvalue weighted by atomic mass is 10.3. The van der Waals surface area contributed by atoms with Gasteiger partial charge >= 0.3 is 5.97 Å². The largest absolute Gasteiger partial charge is 0.476 e. The number of nitrogens with one attached hydrogen (secondary N) is 1. The average molecular weight is 276 g/mol. The number of hydrogen-bond donors (Lipinski definition) is 2. The van der Waals surface area contributed by atoms with E-state index in [0.717, 1.165) is 0 Å². The van der Waals surface area contributed by atoms with Crippen LogP contribution in [-0.2, 0) is 4.79 Å². The molecule has 0 fully saturated rings. The SMILES string of the molecule is CCN(CC(=O)NC)c1nc2ccccn2c1C(=O)O. The van der Waals surface area contributed by atoms with Crippen molar-refractivity contribution in [1.82, 2.24) is 14.7 Å². The number of pyridine rings is 1. The molecule has 0 radical (unpaired) electrons. The van der Waals surface area contributed by atoms with E-state index < -0.39 is 5.97 Å². The molecule has 2 rings (SSSR count). The Labute approximate surface area is 115 Å². The molecule has 2 heterocycles. The minimum Gasteiger partial charge on any atom is -0.476 e. The van der Waals surface area contributed by atoms with Gasteiger partial charge in [-0.2, -0.15) is 0 Å². The van der Waals surface area contributed by atoms with Crippen LogP contribution in [-0.4, -0.2) is 46.5 Å². The van der Waals surface area contributed by atoms with Crippen LogP contribution in [0, 0.1) is 0 Å². The molecule has 0 atom stereocenters. The highest BCUT2D eigenvalue weighted by Gasteiger charge is 2.23. The van der Waals surface area contributed by atoms with Crippen molar-refractivity contribution >= 4 is 23.3 Å². The number of hydrogen-bond acceptors (Lipinski definition) is 4. The van der Waals surface area contributed by atoms with Crippen molar-refractivity contribution in [2.45, 2.75) is 6.92 Å². The third-order valence-electron chi connectivity index (χ3n) is 3.01. The van der Waals surface area contributed by atoms with Gasteiger partial charge in [-0.3, -0.25) is 9.20 Å². The first-order valence-corrected chi connectivity index (χ1v) is 6.24. The van der Waals surface area contributed by atoms with Gasteiger partial charge in [-0.1, -0.05) is 6.07 Å². The van der Waals surface area contributed by atoms with Crippen molar-refractivity contribution in [1.29, 1.82) is 0 Å². The molecule has 0 aliphatic heterocycles. The van der Waals surface area contributed by atoms with E-state index in [1.54, 1.807) is 29.3 Å². The number of carbonyl (C=O) groups is 2. The lowest BCUT2D eigenvalue weighted by Crippen LogP contribution is -2.36. The molecule has 0 aliphatic carbocycles. The quantitative estimate of drug-likeness (QED) is 0.835. The molecule has 0 bridgehead atoms. The number of carboxylic acids is 1. The van der Waals surface area contributed by atoms with Gasteiger partial charge in [0.25, 0.3) is 0 Å². The summed E-state index contributed by atoms with van der Waals surface area (Å²) in [7, 11) is 1.54. The zero-order valence-electron chi connectivity index (χ0n) is 11.3. The maximum absolute atomic E-state index is 11.5. The number of anilines is 1. The van der Waals surface area contributed by atoms with Crippen molar-refractivity contribution in [3.63, 3.8) is 0 Å². The summed E-state index contributed by atoms with van der Waals surface area (Å²) in [6, 6.07) is 5.25. The average Bonchev–Trinajstić information content (AvgIpc) is 2.83. The number of amides is 1. The number of rotatable bonds is 5. The van der Waals surface area contributed by atoms with Crippen molar-refractivity contribution in [2.24, 2.45) is 0 Å². The molecule has 7 heteroatoms. The Balaban J connectivity index is 2.53. The van der Waals surface area contributed by atoms with Gasteiger partial charge in [0.2, 0.25) is 5.91 Å². The van der Waals surface area contributed by atoms with Crippen LogP contribution in [0.15, 0.2) is 24.4 Å². The van der Waals surface area contributed by atoms with E-state index in [-0.39, 0.29) is 18.1 Å². The number of carboxylic acid groups (broad SMARTS) is 1. The molecule has 2 aromatic heterocycles. The Morgan fingerprint density at radius 3 is 2.80 bits per heavy atom. The molecule has 0 spiro atoms. The molecule has 1 amide bonds. The van der Waals surface area contributed by atoms with Crippen LogP contribution in [0.2, 0.25) is 0 Å². The third kappa shape index (κ3) is 2.42. The minimum absolute atomic E-state index is 0.0614. The van der Waals surface area contributed by atoms with Gasteiger partial charge in [0.15, 0.2) is 11.5 Å². The zero-order valence-corrected chi connectivity index (χ0v) is 11.3. The molecule has 20 heavy (non-hydrogen) atoms. The minimum atomic E-state index is -1.07. The van der Waals surface area contributed by atoms with Crippen LogP contribution >= 0.6 is 0 Å². The number of carbonyl (C=O) groups excluding carboxylic acids is 1. The van der Waals surface area contributed by atoms with Crippen LogP contribution in [0.3, 0.4) is 0 Å². The Morgan fingerprint density at radius 2 is 2.20 bits per heavy atom. The van der Waals surface area contributed by atoms with Crippen LogP contribution in [0.25, 0.3) is 5.65 Å². The van der Waals surface area contributed by atoms with E-state index in [2.05, 4.69) is 10.3 Å². The van der Waals surface area contributed by atoms with Crippen LogP contribution < -0.4 is 10.2 Å². The van der Waals surface area contributed by atoms with Crippen molar-refractivity contribution < 1.29 is 14.7 Å². The summed E-state index contributed by atoms with van der Waals surface area (Å²) in [6.45, 7) is 2.40. The van der Waals surface area contributed by atoms with E-state index >= 15 is 0 Å². The summed E-state index contributed by atoms with van der Waals surface area (Å²) in [5.74, 6) is -0.968. The van der Waals surface area contributed by atoms with E-state index in [1.165, 1.54) is 11.4 Å². The molecule has 2 N–H and O–H groups in total. The molecular weight excluding hydrogens is 260 g/mol. The summed E-state index contributed by atoms with van der Waals surface area (Å²) in [6.07, 6.45) is 1.64. The zero-order chi connectivity index (χ0) is 14.7. The second-order valence-electron chi connectivity index (χ2n) is 4.21. The molecule has 0 aromatic carbocycles. The van der Waals surface area contributed by atoms with Crippen molar-refractivity contribution in [2.75, 3.05) is 25.0 Å². The van der Waals surface area contributed by atoms with Crippen molar-refractivity contribution in [3.05, 3.63) is 30.1 Å². The predicted octanol–water partition coefficient (Wildman–Crippen LogP) is 0.605. The van der Waals surface area contributed by atoms with Gasteiger partial charge in [0.05, 0.1) is 6.54 Å². The molecule has 0 saturated carbocycles. The van der Waals surface area contributed by atoms with Gasteiger partial charge in [0.1, 0.15) is 5.65 Å². The topological polar surface area (TPSA) is 86.9 Å². The molecule has 2 aromatic rings. The van der Waals surface area contributed by atoms with E-state index in [1.807, 2.05) is 6.92 Å². The van der Waals surface area contributed by atoms with Gasteiger partial charge in [-0.05, 0) is 19.1 Å². The molecule has 7 nitrogen and oxygen atoms in total. The number of imidazole rings is 1. The summed E-state index contributed by atoms with van der Waals surface area (Å²) in [5, 5.41) is 11.9. The Hall–Kier alpha value is -2.57. The fourth-order valence-corrected chi connectivity index (χ4v) is 1.99. The van der Waals surface area contributed by atoms with Crippen LogP contribution in [0.1, 0.15) is 17.4 Å². The number of nitrogens with zero attached hydrogens (tertiary/aromatic N) is 3. The van der Waals surface area contributed by atoms with Crippen LogP contribution in [0.5, 0.6) is 0 Å². The summed E-state index contributed by atoms with van der Waals surface area (Å²) in [5.41, 5.74) is 0.599. The molecule has 0 unspecified atom stereocenters. The number of fused-ring (bicyclic) bond motifs is 1. The first-order valence-electron chi connectivity index (χ1n) is 6.24. The predicted molar refractivity (Wildman–Crippen MR) is 74.1 cm³/mol. The lowest BCUT2D eigenvalue weighted by molar-refractivity contribution is -0.119. The monoisotopic (exact) mass is 276 g/mol. The smallest absolute Gasteiger partial charge is 0.356 e. The standard InChI is InChI=1S/C13H16N4O3/c1-3-16(8-10(18)14-2)12-11(13(19)20)17-7-5-4-6-9(17)15-12/h4-7H,3,8H2,1-2H3,(H,14,18)(H,19,20). The van der Waals surface area contributed by atoms with E-state index in [9.17, 15) is 14.7 Å². The lowest BCUT2D eigenvalue weighted by Gasteiger charge is -2.19. The second-order valence-corrected chi connectivity index (χ2v) is 4.21. The fourth-order valence-electron chi connectivity index (χ4n) is 1.99. The summed E-state index contributed by atoms with van der Waals surface area (Å²) < 4.78 is 1.50. The maximum Gasteiger partial charge on any atom is 0.356 e. The molecular formula is C13H16N4O3. The second kappa shape index (κ2) is 5.60. The van der Waals surface area contributed by atoms with E-state index in [0.29, 0.717) is 18.0 Å². The highest BCUT2D eigenvalue weighted by atomic mass is 16.4. The van der Waals surface area contributed by atoms with Crippen molar-refractivity contribution in [3.8, 4) is 0 Å². The Bertz CT molecular complexity index is 650. The van der Waals surface area contributed by atoms with Gasteiger partial charge < -0.3 is 15.3 Å². The fraction of sp³-hybridized carbons (Fsp3) is 0.308. The maximum atomic E-state index is 11.5. The number of aromatic nitrogens is 2. The first kappa shape index (κ1) is 13.9. The van der Waals surface area contributed by atoms with Gasteiger partial charge in [-0.25, -0.2) is 9.78 Å². The molecule has 106 valence electrons. The molecule has 0 aliphatic rings. The first-order chi connectivity index (χ1) is 9.58. The van der Waals surface area contributed by atoms with Gasteiger partial charge in [-0.15, -0.1) is 0 Å². The number of likely N-dealkylation sites (N-methyl/N-ethyl adjacent to an activating group) is 2. The third-order valence-corrected chi connectivity index (χ3v) is 3.01. The summed E-state index contributed by atoms with van der Waals surface area (Å²) >= 11 is 0. The highest BCUT2D eigenvalue weighted by molar-refractivity contribution is 5.94. The van der Waals surface area contributed by atoms with E-state index in [4.69, 9.17) is 0 Å². The Morgan fingerprint density at radius 1 is 1.45 bits per heavy atom. The Kier molecular flexibility index (Phi) is 3.88. The van der Waals surface area contributed by atoms with Gasteiger partial charge in [0, 0.05) is 19.8 Å². The van der Waals surface area contributed by atoms with Crippen LogP contribution in [0.4, 0.5) is 5.82 Å². The molecule has 0 saturated heterocycles. The number of aromatic carboxylic acids is 1. The normalized spacial score (nSPS) is 10.5. The summed E-state index contributed by atoms with van der Waals surface area (Å²) in [4.78, 5) is 29.0.